The number of rotatable bonds is 7. The van der Waals surface area contributed by atoms with E-state index in [0.717, 1.165) is 73.2 Å². The SMILES string of the molecule is Cc1cc(C)cc(-c2[nH]c3ccc(C(C)(C)C(=O)N4CCCC4)cc3c2CCN=C(NC#N)N2CCC(c3ccncc3)C2)c1. The topological polar surface area (TPSA) is 100 Å². The van der Waals surface area contributed by atoms with Gasteiger partial charge >= 0.3 is 0 Å². The highest BCUT2D eigenvalue weighted by Crippen LogP contribution is 2.36. The van der Waals surface area contributed by atoms with Gasteiger partial charge in [0.05, 0.1) is 5.41 Å². The molecule has 8 heteroatoms. The molecule has 0 bridgehead atoms. The fourth-order valence-corrected chi connectivity index (χ4v) is 7.10. The number of likely N-dealkylation sites (tertiary alicyclic amines) is 2. The highest BCUT2D eigenvalue weighted by atomic mass is 16.2. The van der Waals surface area contributed by atoms with Crippen molar-refractivity contribution in [3.63, 3.8) is 0 Å². The first-order chi connectivity index (χ1) is 21.7. The smallest absolute Gasteiger partial charge is 0.232 e. The number of fused-ring (bicyclic) bond motifs is 1. The van der Waals surface area contributed by atoms with Gasteiger partial charge in [-0.25, -0.2) is 0 Å². The highest BCUT2D eigenvalue weighted by Gasteiger charge is 2.35. The largest absolute Gasteiger partial charge is 0.354 e. The molecule has 4 heterocycles. The van der Waals surface area contributed by atoms with Crippen molar-refractivity contribution < 1.29 is 4.79 Å². The number of nitriles is 1. The number of amides is 1. The Morgan fingerprint density at radius 1 is 1.04 bits per heavy atom. The normalized spacial score (nSPS) is 17.2. The van der Waals surface area contributed by atoms with Gasteiger partial charge in [-0.15, -0.1) is 0 Å². The van der Waals surface area contributed by atoms with Crippen molar-refractivity contribution in [2.45, 2.75) is 64.7 Å². The van der Waals surface area contributed by atoms with E-state index < -0.39 is 5.41 Å². The fourth-order valence-electron chi connectivity index (χ4n) is 7.10. The lowest BCUT2D eigenvalue weighted by Crippen LogP contribution is -2.41. The van der Waals surface area contributed by atoms with Gasteiger partial charge in [-0.3, -0.25) is 20.1 Å². The number of aryl methyl sites for hydroxylation is 2. The van der Waals surface area contributed by atoms with Gasteiger partial charge in [0.1, 0.15) is 0 Å². The molecule has 2 aliphatic rings. The number of benzene rings is 2. The average Bonchev–Trinajstić information content (AvgIpc) is 3.81. The number of aromatic nitrogens is 2. The van der Waals surface area contributed by atoms with Crippen LogP contribution in [0.25, 0.3) is 22.2 Å². The van der Waals surface area contributed by atoms with Crippen LogP contribution >= 0.6 is 0 Å². The van der Waals surface area contributed by atoms with Gasteiger partial charge < -0.3 is 14.8 Å². The first-order valence-electron chi connectivity index (χ1n) is 16.1. The molecule has 2 aliphatic heterocycles. The molecule has 4 aromatic rings. The molecular weight excluding hydrogens is 558 g/mol. The second-order valence-corrected chi connectivity index (χ2v) is 13.1. The Balaban J connectivity index is 1.33. The lowest BCUT2D eigenvalue weighted by Gasteiger charge is -2.29. The fraction of sp³-hybridized carbons (Fsp3) is 0.405. The van der Waals surface area contributed by atoms with E-state index in [2.05, 4.69) is 88.8 Å². The minimum atomic E-state index is -0.629. The summed E-state index contributed by atoms with van der Waals surface area (Å²) in [6.45, 7) is 12.2. The van der Waals surface area contributed by atoms with E-state index in [0.29, 0.717) is 24.8 Å². The molecule has 0 saturated carbocycles. The summed E-state index contributed by atoms with van der Waals surface area (Å²) in [5, 5.41) is 13.5. The number of guanidine groups is 1. The highest BCUT2D eigenvalue weighted by molar-refractivity contribution is 5.94. The number of nitrogens with zero attached hydrogens (tertiary/aromatic N) is 5. The first-order valence-corrected chi connectivity index (χ1v) is 16.1. The van der Waals surface area contributed by atoms with Crippen LogP contribution in [0.2, 0.25) is 0 Å². The molecule has 0 spiro atoms. The minimum absolute atomic E-state index is 0.193. The first kappa shape index (κ1) is 30.4. The van der Waals surface area contributed by atoms with E-state index in [-0.39, 0.29) is 5.91 Å². The third-order valence-corrected chi connectivity index (χ3v) is 9.52. The monoisotopic (exact) mass is 601 g/mol. The second-order valence-electron chi connectivity index (χ2n) is 13.1. The van der Waals surface area contributed by atoms with Crippen LogP contribution in [0.3, 0.4) is 0 Å². The molecule has 0 radical (unpaired) electrons. The molecule has 2 aromatic carbocycles. The zero-order valence-electron chi connectivity index (χ0n) is 26.9. The number of carbonyl (C=O) groups is 1. The molecule has 2 N–H and O–H groups in total. The van der Waals surface area contributed by atoms with Crippen LogP contribution in [0.5, 0.6) is 0 Å². The molecule has 232 valence electrons. The quantitative estimate of drug-likeness (QED) is 0.114. The Hall–Kier alpha value is -4.64. The van der Waals surface area contributed by atoms with E-state index in [1.807, 2.05) is 31.1 Å². The van der Waals surface area contributed by atoms with Crippen LogP contribution in [-0.2, 0) is 16.6 Å². The van der Waals surface area contributed by atoms with Crippen LogP contribution in [-0.4, -0.2) is 64.4 Å². The number of H-pyrrole nitrogens is 1. The predicted molar refractivity (Wildman–Crippen MR) is 180 cm³/mol. The van der Waals surface area contributed by atoms with Gasteiger partial charge in [0.2, 0.25) is 11.9 Å². The molecule has 1 atom stereocenters. The van der Waals surface area contributed by atoms with Crippen molar-refractivity contribution in [3.8, 4) is 17.5 Å². The average molecular weight is 602 g/mol. The molecule has 45 heavy (non-hydrogen) atoms. The number of hydrogen-bond donors (Lipinski definition) is 2. The molecular formula is C37H43N7O. The Bertz CT molecular complexity index is 1740. The number of pyridine rings is 1. The molecule has 6 rings (SSSR count). The Labute approximate surface area is 266 Å². The number of carbonyl (C=O) groups excluding carboxylic acids is 1. The van der Waals surface area contributed by atoms with Crippen molar-refractivity contribution in [3.05, 3.63) is 88.7 Å². The summed E-state index contributed by atoms with van der Waals surface area (Å²) in [4.78, 5) is 30.6. The summed E-state index contributed by atoms with van der Waals surface area (Å²) in [5.41, 5.74) is 8.54. The molecule has 1 unspecified atom stereocenters. The predicted octanol–water partition coefficient (Wildman–Crippen LogP) is 6.21. The third kappa shape index (κ3) is 6.30. The molecule has 2 saturated heterocycles. The molecule has 1 amide bonds. The van der Waals surface area contributed by atoms with E-state index in [1.54, 1.807) is 0 Å². The second kappa shape index (κ2) is 12.8. The van der Waals surface area contributed by atoms with Crippen molar-refractivity contribution in [1.82, 2.24) is 25.1 Å². The summed E-state index contributed by atoms with van der Waals surface area (Å²) in [7, 11) is 0. The maximum atomic E-state index is 13.6. The zero-order chi connectivity index (χ0) is 31.6. The van der Waals surface area contributed by atoms with Crippen LogP contribution < -0.4 is 5.32 Å². The van der Waals surface area contributed by atoms with Crippen molar-refractivity contribution in [2.24, 2.45) is 4.99 Å². The summed E-state index contributed by atoms with van der Waals surface area (Å²) >= 11 is 0. The lowest BCUT2D eigenvalue weighted by molar-refractivity contribution is -0.135. The maximum Gasteiger partial charge on any atom is 0.232 e. The van der Waals surface area contributed by atoms with Crippen molar-refractivity contribution >= 4 is 22.8 Å². The Kier molecular flexibility index (Phi) is 8.62. The standard InChI is InChI=1S/C37H43N7O/c1-25-19-26(2)21-29(20-25)34-31(11-15-40-36(41-24-38)44-18-12-28(23-44)27-9-13-39-14-10-27)32-22-30(7-8-33(32)42-34)37(3,4)35(45)43-16-5-6-17-43/h7-10,13-14,19-22,28,42H,5-6,11-12,15-18,23H2,1-4H3,(H,40,41). The number of hydrogen-bond acceptors (Lipinski definition) is 4. The Morgan fingerprint density at radius 2 is 1.78 bits per heavy atom. The van der Waals surface area contributed by atoms with Gasteiger partial charge in [0.15, 0.2) is 6.19 Å². The van der Waals surface area contributed by atoms with Crippen LogP contribution in [0.15, 0.2) is 65.9 Å². The van der Waals surface area contributed by atoms with E-state index in [4.69, 9.17) is 4.99 Å². The number of aliphatic imine (C=N–C) groups is 1. The molecule has 2 aromatic heterocycles. The number of aromatic amines is 1. The summed E-state index contributed by atoms with van der Waals surface area (Å²) < 4.78 is 0. The van der Waals surface area contributed by atoms with Crippen LogP contribution in [0.4, 0.5) is 0 Å². The van der Waals surface area contributed by atoms with Crippen molar-refractivity contribution in [1.29, 1.82) is 5.26 Å². The van der Waals surface area contributed by atoms with E-state index in [1.165, 1.54) is 22.3 Å². The minimum Gasteiger partial charge on any atom is -0.354 e. The van der Waals surface area contributed by atoms with Gasteiger partial charge in [0.25, 0.3) is 0 Å². The van der Waals surface area contributed by atoms with Crippen molar-refractivity contribution in [2.75, 3.05) is 32.7 Å². The summed E-state index contributed by atoms with van der Waals surface area (Å²) in [6.07, 6.45) is 9.62. The summed E-state index contributed by atoms with van der Waals surface area (Å²) in [6, 6.07) is 17.2. The van der Waals surface area contributed by atoms with Gasteiger partial charge in [-0.2, -0.15) is 5.26 Å². The number of nitrogens with one attached hydrogen (secondary N) is 2. The molecule has 0 aliphatic carbocycles. The Morgan fingerprint density at radius 3 is 2.49 bits per heavy atom. The van der Waals surface area contributed by atoms with Gasteiger partial charge in [-0.05, 0) is 112 Å². The summed E-state index contributed by atoms with van der Waals surface area (Å²) in [5.74, 6) is 1.20. The van der Waals surface area contributed by atoms with E-state index >= 15 is 0 Å². The van der Waals surface area contributed by atoms with Gasteiger partial charge in [-0.1, -0.05) is 23.3 Å². The van der Waals surface area contributed by atoms with Gasteiger partial charge in [0, 0.05) is 67.6 Å². The van der Waals surface area contributed by atoms with Crippen LogP contribution in [0.1, 0.15) is 66.8 Å². The van der Waals surface area contributed by atoms with Crippen LogP contribution in [0, 0.1) is 25.3 Å². The molecule has 2 fully saturated rings. The lowest BCUT2D eigenvalue weighted by atomic mass is 9.82. The molecule has 8 nitrogen and oxygen atoms in total. The maximum absolute atomic E-state index is 13.6. The third-order valence-electron chi connectivity index (χ3n) is 9.52. The van der Waals surface area contributed by atoms with E-state index in [9.17, 15) is 10.1 Å². The zero-order valence-corrected chi connectivity index (χ0v) is 26.9.